The Bertz CT molecular complexity index is 471. The van der Waals surface area contributed by atoms with Crippen LogP contribution in [0.4, 0.5) is 11.4 Å². The number of hydrogen-bond donors (Lipinski definition) is 2. The molecule has 3 nitrogen and oxygen atoms in total. The van der Waals surface area contributed by atoms with Crippen molar-refractivity contribution >= 4 is 22.7 Å². The van der Waals surface area contributed by atoms with Gasteiger partial charge in [-0.3, -0.25) is 0 Å². The number of aromatic nitrogens is 1. The molecule has 0 bridgehead atoms. The van der Waals surface area contributed by atoms with Crippen LogP contribution in [0.5, 0.6) is 0 Å². The SMILES string of the molecule is Cc1cc(N)cc(NCc2ncc(C)s2)c1. The lowest BCUT2D eigenvalue weighted by Gasteiger charge is -2.06. The number of aryl methyl sites for hydroxylation is 2. The van der Waals surface area contributed by atoms with Crippen molar-refractivity contribution in [1.82, 2.24) is 4.98 Å². The fourth-order valence-corrected chi connectivity index (χ4v) is 2.30. The van der Waals surface area contributed by atoms with Crippen LogP contribution in [0.3, 0.4) is 0 Å². The number of benzene rings is 1. The number of nitrogens with zero attached hydrogens (tertiary/aromatic N) is 1. The summed E-state index contributed by atoms with van der Waals surface area (Å²) in [6.07, 6.45) is 1.90. The summed E-state index contributed by atoms with van der Waals surface area (Å²) < 4.78 is 0. The third-order valence-electron chi connectivity index (χ3n) is 2.21. The van der Waals surface area contributed by atoms with Gasteiger partial charge in [-0.1, -0.05) is 0 Å². The number of nitrogens with one attached hydrogen (secondary N) is 1. The van der Waals surface area contributed by atoms with Crippen LogP contribution < -0.4 is 11.1 Å². The van der Waals surface area contributed by atoms with Crippen molar-refractivity contribution in [1.29, 1.82) is 0 Å². The van der Waals surface area contributed by atoms with E-state index in [-0.39, 0.29) is 0 Å². The maximum Gasteiger partial charge on any atom is 0.112 e. The maximum atomic E-state index is 5.78. The van der Waals surface area contributed by atoms with E-state index < -0.39 is 0 Å². The van der Waals surface area contributed by atoms with Crippen molar-refractivity contribution in [3.63, 3.8) is 0 Å². The van der Waals surface area contributed by atoms with Crippen LogP contribution in [0.15, 0.2) is 24.4 Å². The van der Waals surface area contributed by atoms with Gasteiger partial charge in [0.05, 0.1) is 6.54 Å². The van der Waals surface area contributed by atoms with Gasteiger partial charge in [0.2, 0.25) is 0 Å². The summed E-state index contributed by atoms with van der Waals surface area (Å²) in [5.41, 5.74) is 8.78. The van der Waals surface area contributed by atoms with E-state index in [1.807, 2.05) is 25.3 Å². The van der Waals surface area contributed by atoms with E-state index in [2.05, 4.69) is 23.3 Å². The largest absolute Gasteiger partial charge is 0.399 e. The first-order chi connectivity index (χ1) is 7.63. The standard InChI is InChI=1S/C12H15N3S/c1-8-3-10(13)5-11(4-8)14-7-12-15-6-9(2)16-12/h3-6,14H,7,13H2,1-2H3. The van der Waals surface area contributed by atoms with Crippen LogP contribution in [0.1, 0.15) is 15.4 Å². The Morgan fingerprint density at radius 3 is 2.75 bits per heavy atom. The first-order valence-corrected chi connectivity index (χ1v) is 5.97. The number of hydrogen-bond acceptors (Lipinski definition) is 4. The summed E-state index contributed by atoms with van der Waals surface area (Å²) in [6.45, 7) is 4.85. The molecule has 0 unspecified atom stereocenters. The van der Waals surface area contributed by atoms with E-state index in [0.717, 1.165) is 28.5 Å². The minimum Gasteiger partial charge on any atom is -0.399 e. The number of nitrogen functional groups attached to an aromatic ring is 1. The second kappa shape index (κ2) is 4.53. The molecule has 0 saturated carbocycles. The van der Waals surface area contributed by atoms with Crippen molar-refractivity contribution in [2.45, 2.75) is 20.4 Å². The van der Waals surface area contributed by atoms with Crippen LogP contribution >= 0.6 is 11.3 Å². The molecular weight excluding hydrogens is 218 g/mol. The first-order valence-electron chi connectivity index (χ1n) is 5.16. The van der Waals surface area contributed by atoms with Gasteiger partial charge in [-0.15, -0.1) is 11.3 Å². The zero-order valence-corrected chi connectivity index (χ0v) is 10.3. The molecule has 0 aliphatic rings. The van der Waals surface area contributed by atoms with Crippen LogP contribution in [-0.4, -0.2) is 4.98 Å². The van der Waals surface area contributed by atoms with Gasteiger partial charge >= 0.3 is 0 Å². The van der Waals surface area contributed by atoms with E-state index in [1.54, 1.807) is 11.3 Å². The number of rotatable bonds is 3. The van der Waals surface area contributed by atoms with Crippen LogP contribution in [0.2, 0.25) is 0 Å². The molecule has 2 rings (SSSR count). The van der Waals surface area contributed by atoms with Crippen LogP contribution in [-0.2, 0) is 6.54 Å². The molecule has 0 radical (unpaired) electrons. The molecule has 0 aliphatic heterocycles. The Hall–Kier alpha value is -1.55. The van der Waals surface area contributed by atoms with E-state index in [0.29, 0.717) is 0 Å². The molecule has 84 valence electrons. The molecule has 0 spiro atoms. The summed E-state index contributed by atoms with van der Waals surface area (Å²) in [5, 5.41) is 4.42. The fraction of sp³-hybridized carbons (Fsp3) is 0.250. The normalized spacial score (nSPS) is 10.4. The lowest BCUT2D eigenvalue weighted by atomic mass is 10.2. The lowest BCUT2D eigenvalue weighted by molar-refractivity contribution is 1.10. The molecule has 1 heterocycles. The Morgan fingerprint density at radius 1 is 1.31 bits per heavy atom. The van der Waals surface area contributed by atoms with Gasteiger partial charge in [-0.05, 0) is 37.6 Å². The summed E-state index contributed by atoms with van der Waals surface area (Å²) in [7, 11) is 0. The van der Waals surface area contributed by atoms with Crippen LogP contribution in [0.25, 0.3) is 0 Å². The van der Waals surface area contributed by atoms with Crippen molar-refractivity contribution in [3.8, 4) is 0 Å². The molecule has 0 saturated heterocycles. The minimum absolute atomic E-state index is 0.751. The molecule has 1 aromatic heterocycles. The fourth-order valence-electron chi connectivity index (χ4n) is 1.58. The summed E-state index contributed by atoms with van der Waals surface area (Å²) in [6, 6.07) is 5.98. The molecule has 0 fully saturated rings. The van der Waals surface area contributed by atoms with Gasteiger partial charge in [0.15, 0.2) is 0 Å². The maximum absolute atomic E-state index is 5.78. The molecule has 1 aromatic carbocycles. The molecule has 0 atom stereocenters. The summed E-state index contributed by atoms with van der Waals surface area (Å²) >= 11 is 1.71. The van der Waals surface area contributed by atoms with Crippen molar-refractivity contribution < 1.29 is 0 Å². The van der Waals surface area contributed by atoms with Gasteiger partial charge in [0.25, 0.3) is 0 Å². The van der Waals surface area contributed by atoms with Crippen molar-refractivity contribution in [2.75, 3.05) is 11.1 Å². The van der Waals surface area contributed by atoms with E-state index >= 15 is 0 Å². The second-order valence-corrected chi connectivity index (χ2v) is 5.17. The lowest BCUT2D eigenvalue weighted by Crippen LogP contribution is -1.99. The quantitative estimate of drug-likeness (QED) is 0.801. The highest BCUT2D eigenvalue weighted by molar-refractivity contribution is 7.11. The number of anilines is 2. The van der Waals surface area contributed by atoms with Gasteiger partial charge in [0.1, 0.15) is 5.01 Å². The Labute approximate surface area is 99.3 Å². The average molecular weight is 233 g/mol. The first kappa shape index (κ1) is 11.0. The molecule has 0 amide bonds. The van der Waals surface area contributed by atoms with Crippen LogP contribution in [0, 0.1) is 13.8 Å². The van der Waals surface area contributed by atoms with Gasteiger partial charge in [-0.2, -0.15) is 0 Å². The Morgan fingerprint density at radius 2 is 2.12 bits per heavy atom. The zero-order valence-electron chi connectivity index (χ0n) is 9.45. The average Bonchev–Trinajstić information content (AvgIpc) is 2.60. The molecule has 16 heavy (non-hydrogen) atoms. The predicted octanol–water partition coefficient (Wildman–Crippen LogP) is 2.95. The highest BCUT2D eigenvalue weighted by atomic mass is 32.1. The number of nitrogens with two attached hydrogens (primary N) is 1. The molecule has 2 aromatic rings. The second-order valence-electron chi connectivity index (χ2n) is 3.85. The Balaban J connectivity index is 2.04. The minimum atomic E-state index is 0.751. The van der Waals surface area contributed by atoms with E-state index in [4.69, 9.17) is 5.73 Å². The highest BCUT2D eigenvalue weighted by Gasteiger charge is 1.99. The third-order valence-corrected chi connectivity index (χ3v) is 3.13. The third kappa shape index (κ3) is 2.73. The molecule has 0 aliphatic carbocycles. The van der Waals surface area contributed by atoms with Gasteiger partial charge < -0.3 is 11.1 Å². The van der Waals surface area contributed by atoms with Gasteiger partial charge in [0, 0.05) is 22.4 Å². The van der Waals surface area contributed by atoms with Gasteiger partial charge in [-0.25, -0.2) is 4.98 Å². The Kier molecular flexibility index (Phi) is 3.10. The predicted molar refractivity (Wildman–Crippen MR) is 69.8 cm³/mol. The van der Waals surface area contributed by atoms with E-state index in [1.165, 1.54) is 4.88 Å². The monoisotopic (exact) mass is 233 g/mol. The van der Waals surface area contributed by atoms with Crippen molar-refractivity contribution in [2.24, 2.45) is 0 Å². The molecule has 3 N–H and O–H groups in total. The van der Waals surface area contributed by atoms with Crippen molar-refractivity contribution in [3.05, 3.63) is 39.8 Å². The van der Waals surface area contributed by atoms with E-state index in [9.17, 15) is 0 Å². The topological polar surface area (TPSA) is 50.9 Å². The summed E-state index contributed by atoms with van der Waals surface area (Å²) in [4.78, 5) is 5.54. The smallest absolute Gasteiger partial charge is 0.112 e. The zero-order chi connectivity index (χ0) is 11.5. The highest BCUT2D eigenvalue weighted by Crippen LogP contribution is 2.18. The number of thiazole rings is 1. The molecule has 4 heteroatoms. The molecular formula is C12H15N3S. The summed E-state index contributed by atoms with van der Waals surface area (Å²) in [5.74, 6) is 0.